The van der Waals surface area contributed by atoms with Gasteiger partial charge in [-0.05, 0) is 42.8 Å². The highest BCUT2D eigenvalue weighted by Gasteiger charge is 2.20. The Kier molecular flexibility index (Phi) is 5.88. The number of carbonyl (C=O) groups is 1. The third-order valence-electron chi connectivity index (χ3n) is 5.16. The van der Waals surface area contributed by atoms with Gasteiger partial charge in [0.05, 0.1) is 21.4 Å². The first-order valence-electron chi connectivity index (χ1n) is 10.1. The maximum absolute atomic E-state index is 13.1. The van der Waals surface area contributed by atoms with E-state index in [4.69, 9.17) is 9.15 Å². The van der Waals surface area contributed by atoms with E-state index in [1.54, 1.807) is 13.0 Å². The van der Waals surface area contributed by atoms with Crippen LogP contribution >= 0.6 is 0 Å². The molecule has 4 rings (SSSR count). The lowest BCUT2D eigenvalue weighted by atomic mass is 10.0. The van der Waals surface area contributed by atoms with Crippen molar-refractivity contribution in [2.24, 2.45) is 0 Å². The normalized spacial score (nSPS) is 11.6. The van der Waals surface area contributed by atoms with Crippen molar-refractivity contribution in [1.82, 2.24) is 4.31 Å². The van der Waals surface area contributed by atoms with Crippen LogP contribution in [0.25, 0.3) is 22.1 Å². The van der Waals surface area contributed by atoms with Crippen LogP contribution in [0.4, 0.5) is 0 Å². The van der Waals surface area contributed by atoms with Gasteiger partial charge in [0.25, 0.3) is 0 Å². The second-order valence-corrected chi connectivity index (χ2v) is 9.74. The van der Waals surface area contributed by atoms with E-state index < -0.39 is 16.0 Å². The van der Waals surface area contributed by atoms with E-state index in [-0.39, 0.29) is 27.2 Å². The Bertz CT molecular complexity index is 1520. The van der Waals surface area contributed by atoms with Crippen LogP contribution < -0.4 is 10.2 Å². The van der Waals surface area contributed by atoms with Crippen molar-refractivity contribution in [3.8, 4) is 16.9 Å². The van der Waals surface area contributed by atoms with E-state index in [0.717, 1.165) is 9.87 Å². The molecule has 7 nitrogen and oxygen atoms in total. The molecule has 33 heavy (non-hydrogen) atoms. The topological polar surface area (TPSA) is 93.9 Å². The fraction of sp³-hybridized carbons (Fsp3) is 0.120. The molecule has 168 valence electrons. The van der Waals surface area contributed by atoms with Crippen LogP contribution in [0.5, 0.6) is 5.75 Å². The van der Waals surface area contributed by atoms with Gasteiger partial charge in [-0.1, -0.05) is 36.4 Å². The molecule has 0 aliphatic heterocycles. The first kappa shape index (κ1) is 22.4. The molecule has 1 aromatic heterocycles. The van der Waals surface area contributed by atoms with Gasteiger partial charge < -0.3 is 9.15 Å². The summed E-state index contributed by atoms with van der Waals surface area (Å²) in [6, 6.07) is 19.4. The molecule has 0 spiro atoms. The molecule has 1 heterocycles. The third-order valence-corrected chi connectivity index (χ3v) is 6.97. The van der Waals surface area contributed by atoms with Crippen molar-refractivity contribution in [3.05, 3.63) is 94.3 Å². The molecule has 4 aromatic rings. The van der Waals surface area contributed by atoms with Crippen molar-refractivity contribution in [2.75, 3.05) is 14.1 Å². The summed E-state index contributed by atoms with van der Waals surface area (Å²) in [6.45, 7) is 1.71. The summed E-state index contributed by atoms with van der Waals surface area (Å²) in [7, 11) is -0.873. The number of hydrogen-bond acceptors (Lipinski definition) is 6. The molecule has 0 saturated heterocycles. The SMILES string of the molecule is Cc1oc2cc(OC(=O)c3cccc(S(=O)(=O)N(C)C)c3)ccc2c(=O)c1-c1ccccc1. The van der Waals surface area contributed by atoms with Crippen LogP contribution in [0, 0.1) is 6.92 Å². The fourth-order valence-electron chi connectivity index (χ4n) is 3.45. The largest absolute Gasteiger partial charge is 0.460 e. The number of nitrogens with zero attached hydrogens (tertiary/aromatic N) is 1. The number of sulfonamides is 1. The molecule has 0 N–H and O–H groups in total. The molecule has 0 atom stereocenters. The molecule has 0 bridgehead atoms. The molecule has 0 saturated carbocycles. The van der Waals surface area contributed by atoms with Crippen molar-refractivity contribution in [3.63, 3.8) is 0 Å². The summed E-state index contributed by atoms with van der Waals surface area (Å²) in [6.07, 6.45) is 0. The van der Waals surface area contributed by atoms with Gasteiger partial charge >= 0.3 is 5.97 Å². The molecule has 0 unspecified atom stereocenters. The zero-order valence-electron chi connectivity index (χ0n) is 18.2. The first-order chi connectivity index (χ1) is 15.7. The fourth-order valence-corrected chi connectivity index (χ4v) is 4.40. The molecular formula is C25H21NO6S. The number of esters is 1. The van der Waals surface area contributed by atoms with E-state index in [2.05, 4.69) is 0 Å². The number of aryl methyl sites for hydroxylation is 1. The quantitative estimate of drug-likeness (QED) is 0.325. The van der Waals surface area contributed by atoms with E-state index in [0.29, 0.717) is 16.7 Å². The lowest BCUT2D eigenvalue weighted by Crippen LogP contribution is -2.22. The Hall–Kier alpha value is -3.75. The number of carbonyl (C=O) groups excluding carboxylic acids is 1. The molecule has 0 amide bonds. The number of rotatable bonds is 5. The third kappa shape index (κ3) is 4.30. The van der Waals surface area contributed by atoms with E-state index in [1.807, 2.05) is 30.3 Å². The maximum atomic E-state index is 13.1. The van der Waals surface area contributed by atoms with Crippen LogP contribution in [-0.2, 0) is 10.0 Å². The van der Waals surface area contributed by atoms with Gasteiger partial charge in [-0.3, -0.25) is 4.79 Å². The Labute approximate surface area is 190 Å². The van der Waals surface area contributed by atoms with Crippen LogP contribution in [-0.4, -0.2) is 32.8 Å². The lowest BCUT2D eigenvalue weighted by molar-refractivity contribution is 0.0734. The van der Waals surface area contributed by atoms with E-state index in [9.17, 15) is 18.0 Å². The second-order valence-electron chi connectivity index (χ2n) is 7.59. The van der Waals surface area contributed by atoms with Gasteiger partial charge in [0.1, 0.15) is 17.1 Å². The predicted octanol–water partition coefficient (Wildman–Crippen LogP) is 4.24. The predicted molar refractivity (Wildman–Crippen MR) is 125 cm³/mol. The first-order valence-corrected chi connectivity index (χ1v) is 11.5. The van der Waals surface area contributed by atoms with E-state index in [1.165, 1.54) is 50.5 Å². The van der Waals surface area contributed by atoms with Crippen molar-refractivity contribution >= 4 is 27.0 Å². The summed E-state index contributed by atoms with van der Waals surface area (Å²) in [5.74, 6) is -0.114. The van der Waals surface area contributed by atoms with Crippen LogP contribution in [0.3, 0.4) is 0 Å². The molecule has 3 aromatic carbocycles. The van der Waals surface area contributed by atoms with Crippen LogP contribution in [0.1, 0.15) is 16.1 Å². The minimum absolute atomic E-state index is 0.0180. The highest BCUT2D eigenvalue weighted by molar-refractivity contribution is 7.89. The van der Waals surface area contributed by atoms with Crippen molar-refractivity contribution in [1.29, 1.82) is 0 Å². The number of fused-ring (bicyclic) bond motifs is 1. The number of ether oxygens (including phenoxy) is 1. The molecule has 0 radical (unpaired) electrons. The van der Waals surface area contributed by atoms with E-state index >= 15 is 0 Å². The van der Waals surface area contributed by atoms with Crippen LogP contribution in [0.15, 0.2) is 86.9 Å². The summed E-state index contributed by atoms with van der Waals surface area (Å²) in [5, 5.41) is 0.360. The monoisotopic (exact) mass is 463 g/mol. The molecule has 0 fully saturated rings. The minimum Gasteiger partial charge on any atom is -0.460 e. The Morgan fingerprint density at radius 1 is 0.939 bits per heavy atom. The maximum Gasteiger partial charge on any atom is 0.343 e. The Morgan fingerprint density at radius 3 is 2.36 bits per heavy atom. The van der Waals surface area contributed by atoms with Gasteiger partial charge in [0.2, 0.25) is 15.5 Å². The summed E-state index contributed by atoms with van der Waals surface area (Å²) in [4.78, 5) is 25.7. The Morgan fingerprint density at radius 2 is 1.67 bits per heavy atom. The standard InChI is InChI=1S/C25H21NO6S/c1-16-23(17-8-5-4-6-9-17)24(27)21-13-12-19(15-22(21)31-16)32-25(28)18-10-7-11-20(14-18)33(29,30)26(2)3/h4-15H,1-3H3. The van der Waals surface area contributed by atoms with Gasteiger partial charge in [0, 0.05) is 20.2 Å². The summed E-state index contributed by atoms with van der Waals surface area (Å²) >= 11 is 0. The molecule has 0 aliphatic carbocycles. The lowest BCUT2D eigenvalue weighted by Gasteiger charge is -2.12. The summed E-state index contributed by atoms with van der Waals surface area (Å²) in [5.41, 5.74) is 1.42. The smallest absolute Gasteiger partial charge is 0.343 e. The zero-order valence-corrected chi connectivity index (χ0v) is 19.0. The second kappa shape index (κ2) is 8.65. The molecule has 0 aliphatic rings. The van der Waals surface area contributed by atoms with Crippen molar-refractivity contribution in [2.45, 2.75) is 11.8 Å². The Balaban J connectivity index is 1.67. The van der Waals surface area contributed by atoms with Gasteiger partial charge in [-0.2, -0.15) is 0 Å². The zero-order chi connectivity index (χ0) is 23.8. The summed E-state index contributed by atoms with van der Waals surface area (Å²) < 4.78 is 37.0. The average Bonchev–Trinajstić information content (AvgIpc) is 2.79. The minimum atomic E-state index is -3.70. The number of benzene rings is 3. The van der Waals surface area contributed by atoms with Gasteiger partial charge in [-0.15, -0.1) is 0 Å². The van der Waals surface area contributed by atoms with Crippen LogP contribution in [0.2, 0.25) is 0 Å². The van der Waals surface area contributed by atoms with Gasteiger partial charge in [0.15, 0.2) is 0 Å². The van der Waals surface area contributed by atoms with Gasteiger partial charge in [-0.25, -0.2) is 17.5 Å². The highest BCUT2D eigenvalue weighted by atomic mass is 32.2. The molecular weight excluding hydrogens is 442 g/mol. The average molecular weight is 464 g/mol. The molecule has 8 heteroatoms. The highest BCUT2D eigenvalue weighted by Crippen LogP contribution is 2.27. The number of hydrogen-bond donors (Lipinski definition) is 0. The van der Waals surface area contributed by atoms with Crippen molar-refractivity contribution < 1.29 is 22.4 Å².